The van der Waals surface area contributed by atoms with Crippen LogP contribution in [0.25, 0.3) is 10.4 Å². The van der Waals surface area contributed by atoms with Crippen LogP contribution < -0.4 is 4.90 Å². The lowest BCUT2D eigenvalue weighted by molar-refractivity contribution is 0.471. The molecule has 0 spiro atoms. The molecule has 16 heavy (non-hydrogen) atoms. The van der Waals surface area contributed by atoms with E-state index in [-0.39, 0.29) is 0 Å². The summed E-state index contributed by atoms with van der Waals surface area (Å²) >= 11 is 0. The smallest absolute Gasteiger partial charge is 0.120 e. The summed E-state index contributed by atoms with van der Waals surface area (Å²) in [6.07, 6.45) is 0. The van der Waals surface area contributed by atoms with Gasteiger partial charge in [0.1, 0.15) is 5.75 Å². The third-order valence-electron chi connectivity index (χ3n) is 2.47. The molecule has 1 rings (SSSR count). The minimum atomic E-state index is 0.291. The Bertz CT molecular complexity index is 399. The van der Waals surface area contributed by atoms with Crippen molar-refractivity contribution in [2.24, 2.45) is 5.11 Å². The average Bonchev–Trinajstić information content (AvgIpc) is 2.29. The predicted molar refractivity (Wildman–Crippen MR) is 64.7 cm³/mol. The van der Waals surface area contributed by atoms with Crippen LogP contribution in [-0.4, -0.2) is 24.7 Å². The van der Waals surface area contributed by atoms with Crippen LogP contribution in [0.4, 0.5) is 5.69 Å². The van der Waals surface area contributed by atoms with E-state index in [4.69, 9.17) is 5.53 Å². The number of hydrogen-bond acceptors (Lipinski definition) is 3. The molecule has 0 fully saturated rings. The Hall–Kier alpha value is -1.87. The molecule has 1 aromatic rings. The summed E-state index contributed by atoms with van der Waals surface area (Å²) in [5, 5.41) is 13.1. The number of nitrogens with zero attached hydrogens (tertiary/aromatic N) is 4. The second-order valence-electron chi connectivity index (χ2n) is 3.50. The van der Waals surface area contributed by atoms with E-state index in [0.29, 0.717) is 18.8 Å². The van der Waals surface area contributed by atoms with Crippen molar-refractivity contribution in [1.82, 2.24) is 0 Å². The zero-order valence-corrected chi connectivity index (χ0v) is 9.59. The first-order valence-electron chi connectivity index (χ1n) is 5.24. The second kappa shape index (κ2) is 5.88. The molecule has 0 unspecified atom stereocenters. The van der Waals surface area contributed by atoms with Gasteiger partial charge in [0.15, 0.2) is 0 Å². The molecule has 0 aliphatic rings. The van der Waals surface area contributed by atoms with Crippen LogP contribution in [0.15, 0.2) is 23.3 Å². The summed E-state index contributed by atoms with van der Waals surface area (Å²) < 4.78 is 0. The van der Waals surface area contributed by atoms with Crippen molar-refractivity contribution in [3.05, 3.63) is 34.2 Å². The quantitative estimate of drug-likeness (QED) is 0.470. The van der Waals surface area contributed by atoms with Gasteiger partial charge in [-0.1, -0.05) is 11.2 Å². The van der Waals surface area contributed by atoms with Crippen LogP contribution in [0.2, 0.25) is 0 Å². The van der Waals surface area contributed by atoms with Crippen molar-refractivity contribution in [2.45, 2.75) is 13.8 Å². The minimum Gasteiger partial charge on any atom is -0.508 e. The minimum absolute atomic E-state index is 0.291. The van der Waals surface area contributed by atoms with Crippen molar-refractivity contribution in [2.75, 3.05) is 24.5 Å². The molecule has 0 aliphatic heterocycles. The SMILES string of the molecule is CCN(CCN=[N+]=[N-])c1ccc(C)c(O)c1. The van der Waals surface area contributed by atoms with Crippen LogP contribution in [0.1, 0.15) is 12.5 Å². The zero-order valence-electron chi connectivity index (χ0n) is 9.59. The third-order valence-corrected chi connectivity index (χ3v) is 2.47. The first kappa shape index (κ1) is 12.2. The van der Waals surface area contributed by atoms with E-state index in [1.54, 1.807) is 6.07 Å². The summed E-state index contributed by atoms with van der Waals surface area (Å²) in [6, 6.07) is 5.56. The van der Waals surface area contributed by atoms with Crippen LogP contribution in [0, 0.1) is 6.92 Å². The molecule has 1 aromatic carbocycles. The van der Waals surface area contributed by atoms with E-state index in [1.165, 1.54) is 0 Å². The van der Waals surface area contributed by atoms with E-state index in [9.17, 15) is 5.11 Å². The van der Waals surface area contributed by atoms with E-state index >= 15 is 0 Å². The number of benzene rings is 1. The van der Waals surface area contributed by atoms with Gasteiger partial charge in [-0.2, -0.15) is 0 Å². The number of phenolic OH excluding ortho intramolecular Hbond substituents is 1. The molecule has 86 valence electrons. The van der Waals surface area contributed by atoms with Gasteiger partial charge < -0.3 is 10.0 Å². The topological polar surface area (TPSA) is 72.2 Å². The number of azide groups is 1. The summed E-state index contributed by atoms with van der Waals surface area (Å²) in [7, 11) is 0. The van der Waals surface area contributed by atoms with E-state index in [0.717, 1.165) is 17.8 Å². The number of aromatic hydroxyl groups is 1. The molecule has 0 aromatic heterocycles. The lowest BCUT2D eigenvalue weighted by atomic mass is 10.2. The Morgan fingerprint density at radius 2 is 2.25 bits per heavy atom. The van der Waals surface area contributed by atoms with Gasteiger partial charge in [0.05, 0.1) is 0 Å². The molecule has 1 N–H and O–H groups in total. The first-order chi connectivity index (χ1) is 7.69. The predicted octanol–water partition coefficient (Wildman–Crippen LogP) is 2.84. The molecule has 0 radical (unpaired) electrons. The Morgan fingerprint density at radius 1 is 1.50 bits per heavy atom. The summed E-state index contributed by atoms with van der Waals surface area (Å²) in [4.78, 5) is 4.77. The fourth-order valence-corrected chi connectivity index (χ4v) is 1.47. The lowest BCUT2D eigenvalue weighted by Gasteiger charge is -2.22. The Kier molecular flexibility index (Phi) is 4.48. The number of aryl methyl sites for hydroxylation is 1. The van der Waals surface area contributed by atoms with Crippen molar-refractivity contribution in [3.63, 3.8) is 0 Å². The number of hydrogen-bond donors (Lipinski definition) is 1. The van der Waals surface area contributed by atoms with E-state index in [1.807, 2.05) is 30.9 Å². The Balaban J connectivity index is 2.78. The standard InChI is InChI=1S/C11H16N4O/c1-3-15(7-6-13-14-12)10-5-4-9(2)11(16)8-10/h4-5,8,16H,3,6-7H2,1-2H3. The van der Waals surface area contributed by atoms with Gasteiger partial charge in [0.25, 0.3) is 0 Å². The van der Waals surface area contributed by atoms with Crippen LogP contribution in [-0.2, 0) is 0 Å². The molecule has 0 saturated carbocycles. The van der Waals surface area contributed by atoms with Gasteiger partial charge >= 0.3 is 0 Å². The van der Waals surface area contributed by atoms with Gasteiger partial charge in [-0.25, -0.2) is 0 Å². The average molecular weight is 220 g/mol. The van der Waals surface area contributed by atoms with Crippen molar-refractivity contribution in [1.29, 1.82) is 0 Å². The highest BCUT2D eigenvalue weighted by Crippen LogP contribution is 2.23. The molecule has 0 saturated heterocycles. The monoisotopic (exact) mass is 220 g/mol. The summed E-state index contributed by atoms with van der Waals surface area (Å²) in [6.45, 7) is 5.77. The third kappa shape index (κ3) is 3.07. The maximum absolute atomic E-state index is 9.61. The van der Waals surface area contributed by atoms with E-state index < -0.39 is 0 Å². The van der Waals surface area contributed by atoms with Gasteiger partial charge in [-0.15, -0.1) is 0 Å². The number of phenols is 1. The van der Waals surface area contributed by atoms with Gasteiger partial charge in [-0.05, 0) is 31.0 Å². The summed E-state index contributed by atoms with van der Waals surface area (Å²) in [5.74, 6) is 0.291. The largest absolute Gasteiger partial charge is 0.508 e. The van der Waals surface area contributed by atoms with Crippen LogP contribution in [0.5, 0.6) is 5.75 Å². The fourth-order valence-electron chi connectivity index (χ4n) is 1.47. The number of rotatable bonds is 5. The number of likely N-dealkylation sites (N-methyl/N-ethyl adjacent to an activating group) is 1. The molecular formula is C11H16N4O. The Labute approximate surface area is 94.9 Å². The molecule has 0 atom stereocenters. The van der Waals surface area contributed by atoms with Crippen LogP contribution in [0.3, 0.4) is 0 Å². The van der Waals surface area contributed by atoms with Gasteiger partial charge in [-0.3, -0.25) is 0 Å². The molecule has 0 heterocycles. The molecular weight excluding hydrogens is 204 g/mol. The maximum atomic E-state index is 9.61. The lowest BCUT2D eigenvalue weighted by Crippen LogP contribution is -2.25. The number of anilines is 1. The molecule has 5 heteroatoms. The first-order valence-corrected chi connectivity index (χ1v) is 5.24. The highest BCUT2D eigenvalue weighted by atomic mass is 16.3. The highest BCUT2D eigenvalue weighted by molar-refractivity contribution is 5.53. The van der Waals surface area contributed by atoms with Crippen molar-refractivity contribution < 1.29 is 5.11 Å². The fraction of sp³-hybridized carbons (Fsp3) is 0.455. The van der Waals surface area contributed by atoms with Crippen molar-refractivity contribution in [3.8, 4) is 5.75 Å². The second-order valence-corrected chi connectivity index (χ2v) is 3.50. The van der Waals surface area contributed by atoms with Gasteiger partial charge in [0, 0.05) is 36.3 Å². The van der Waals surface area contributed by atoms with Crippen LogP contribution >= 0.6 is 0 Å². The van der Waals surface area contributed by atoms with E-state index in [2.05, 4.69) is 10.0 Å². The molecule has 0 aliphatic carbocycles. The van der Waals surface area contributed by atoms with Gasteiger partial charge in [0.2, 0.25) is 0 Å². The molecule has 5 nitrogen and oxygen atoms in total. The summed E-state index contributed by atoms with van der Waals surface area (Å²) in [5.41, 5.74) is 10.0. The maximum Gasteiger partial charge on any atom is 0.120 e. The molecule has 0 bridgehead atoms. The highest BCUT2D eigenvalue weighted by Gasteiger charge is 2.05. The Morgan fingerprint density at radius 3 is 2.81 bits per heavy atom. The zero-order chi connectivity index (χ0) is 12.0. The normalized spacial score (nSPS) is 9.62. The van der Waals surface area contributed by atoms with Crippen molar-refractivity contribution >= 4 is 5.69 Å². The molecule has 0 amide bonds.